The van der Waals surface area contributed by atoms with Gasteiger partial charge in [0.25, 0.3) is 5.91 Å². The van der Waals surface area contributed by atoms with Crippen LogP contribution in [0.15, 0.2) is 36.4 Å². The molecule has 0 spiro atoms. The summed E-state index contributed by atoms with van der Waals surface area (Å²) in [7, 11) is 3.22. The first-order chi connectivity index (χ1) is 14.5. The van der Waals surface area contributed by atoms with Crippen LogP contribution >= 0.6 is 0 Å². The Morgan fingerprint density at radius 3 is 2.40 bits per heavy atom. The molecular formula is C24H28N2O4. The van der Waals surface area contributed by atoms with Gasteiger partial charge in [0.1, 0.15) is 0 Å². The van der Waals surface area contributed by atoms with Gasteiger partial charge in [-0.1, -0.05) is 18.2 Å². The zero-order valence-electron chi connectivity index (χ0n) is 18.0. The van der Waals surface area contributed by atoms with Gasteiger partial charge in [-0.05, 0) is 55.2 Å². The summed E-state index contributed by atoms with van der Waals surface area (Å²) in [5, 5.41) is 0. The van der Waals surface area contributed by atoms with Gasteiger partial charge < -0.3 is 19.3 Å². The molecule has 2 aromatic carbocycles. The molecule has 158 valence electrons. The SMILES string of the molecule is CCN(CC)C(=O)C1c2ccccc2C(=O)N2CCc3cc(OC)c(OC)cc3C12. The second-order valence-corrected chi connectivity index (χ2v) is 7.67. The van der Waals surface area contributed by atoms with E-state index in [4.69, 9.17) is 9.47 Å². The summed E-state index contributed by atoms with van der Waals surface area (Å²) in [5.41, 5.74) is 3.50. The molecule has 2 heterocycles. The zero-order valence-corrected chi connectivity index (χ0v) is 18.0. The van der Waals surface area contributed by atoms with Crippen LogP contribution in [-0.2, 0) is 11.2 Å². The molecular weight excluding hydrogens is 380 g/mol. The van der Waals surface area contributed by atoms with Gasteiger partial charge in [-0.3, -0.25) is 9.59 Å². The first-order valence-electron chi connectivity index (χ1n) is 10.5. The van der Waals surface area contributed by atoms with Crippen molar-refractivity contribution in [2.24, 2.45) is 0 Å². The standard InChI is InChI=1S/C24H28N2O4/c1-5-25(6-2)24(28)21-16-9-7-8-10-17(16)23(27)26-12-11-15-13-19(29-3)20(30-4)14-18(15)22(21)26/h7-10,13-14,21-22H,5-6,11-12H2,1-4H3. The van der Waals surface area contributed by atoms with E-state index in [-0.39, 0.29) is 17.9 Å². The Morgan fingerprint density at radius 2 is 1.73 bits per heavy atom. The maximum absolute atomic E-state index is 13.7. The lowest BCUT2D eigenvalue weighted by Crippen LogP contribution is -2.50. The van der Waals surface area contributed by atoms with E-state index in [0.717, 1.165) is 16.7 Å². The monoisotopic (exact) mass is 408 g/mol. The van der Waals surface area contributed by atoms with Crippen LogP contribution in [0.3, 0.4) is 0 Å². The molecule has 0 aromatic heterocycles. The van der Waals surface area contributed by atoms with Crippen molar-refractivity contribution in [1.82, 2.24) is 9.80 Å². The maximum Gasteiger partial charge on any atom is 0.254 e. The number of carbonyl (C=O) groups is 2. The molecule has 0 fully saturated rings. The van der Waals surface area contributed by atoms with Crippen molar-refractivity contribution >= 4 is 11.8 Å². The first kappa shape index (κ1) is 20.3. The third kappa shape index (κ3) is 3.02. The van der Waals surface area contributed by atoms with Gasteiger partial charge in [-0.2, -0.15) is 0 Å². The van der Waals surface area contributed by atoms with E-state index < -0.39 is 5.92 Å². The highest BCUT2D eigenvalue weighted by Crippen LogP contribution is 2.48. The number of amides is 2. The molecule has 6 heteroatoms. The summed E-state index contributed by atoms with van der Waals surface area (Å²) in [6.07, 6.45) is 0.715. The molecule has 2 aliphatic rings. The zero-order chi connectivity index (χ0) is 21.4. The molecule has 0 bridgehead atoms. The van der Waals surface area contributed by atoms with Crippen molar-refractivity contribution in [1.29, 1.82) is 0 Å². The van der Waals surface area contributed by atoms with E-state index >= 15 is 0 Å². The quantitative estimate of drug-likeness (QED) is 0.761. The topological polar surface area (TPSA) is 59.1 Å². The molecule has 6 nitrogen and oxygen atoms in total. The predicted molar refractivity (Wildman–Crippen MR) is 114 cm³/mol. The Kier molecular flexibility index (Phi) is 5.41. The van der Waals surface area contributed by atoms with Gasteiger partial charge in [0, 0.05) is 25.2 Å². The molecule has 2 amide bonds. The number of rotatable bonds is 5. The molecule has 0 aliphatic carbocycles. The van der Waals surface area contributed by atoms with Crippen molar-refractivity contribution in [2.45, 2.75) is 32.2 Å². The van der Waals surface area contributed by atoms with Crippen LogP contribution in [0.25, 0.3) is 0 Å². The van der Waals surface area contributed by atoms with Crippen LogP contribution in [0.5, 0.6) is 11.5 Å². The number of hydrogen-bond acceptors (Lipinski definition) is 4. The van der Waals surface area contributed by atoms with Crippen molar-refractivity contribution in [3.05, 3.63) is 58.7 Å². The number of carbonyl (C=O) groups excluding carboxylic acids is 2. The fourth-order valence-corrected chi connectivity index (χ4v) is 4.85. The van der Waals surface area contributed by atoms with Crippen molar-refractivity contribution < 1.29 is 19.1 Å². The highest BCUT2D eigenvalue weighted by molar-refractivity contribution is 6.01. The second kappa shape index (κ2) is 8.01. The molecule has 0 radical (unpaired) electrons. The summed E-state index contributed by atoms with van der Waals surface area (Å²) in [5.74, 6) is 0.866. The van der Waals surface area contributed by atoms with Crippen molar-refractivity contribution in [3.63, 3.8) is 0 Å². The molecule has 0 saturated heterocycles. The van der Waals surface area contributed by atoms with E-state index in [1.54, 1.807) is 14.2 Å². The van der Waals surface area contributed by atoms with E-state index in [1.165, 1.54) is 0 Å². The van der Waals surface area contributed by atoms with Gasteiger partial charge in [0.05, 0.1) is 26.2 Å². The Morgan fingerprint density at radius 1 is 1.07 bits per heavy atom. The minimum Gasteiger partial charge on any atom is -0.493 e. The molecule has 30 heavy (non-hydrogen) atoms. The minimum absolute atomic E-state index is 0.0142. The molecule has 2 atom stereocenters. The molecule has 2 aromatic rings. The molecule has 4 rings (SSSR count). The lowest BCUT2D eigenvalue weighted by atomic mass is 9.75. The summed E-state index contributed by atoms with van der Waals surface area (Å²) >= 11 is 0. The van der Waals surface area contributed by atoms with Gasteiger partial charge >= 0.3 is 0 Å². The maximum atomic E-state index is 13.7. The second-order valence-electron chi connectivity index (χ2n) is 7.67. The molecule has 2 unspecified atom stereocenters. The number of likely N-dealkylation sites (N-methyl/N-ethyl adjacent to an activating group) is 1. The summed E-state index contributed by atoms with van der Waals surface area (Å²) in [4.78, 5) is 30.8. The Bertz CT molecular complexity index is 983. The Labute approximate surface area is 177 Å². The van der Waals surface area contributed by atoms with E-state index in [1.807, 2.05) is 60.0 Å². The van der Waals surface area contributed by atoms with Gasteiger partial charge in [0.15, 0.2) is 11.5 Å². The van der Waals surface area contributed by atoms with E-state index in [0.29, 0.717) is 43.1 Å². The molecule has 0 N–H and O–H groups in total. The molecule has 2 aliphatic heterocycles. The number of ether oxygens (including phenoxy) is 2. The summed E-state index contributed by atoms with van der Waals surface area (Å²) in [6.45, 7) is 5.81. The van der Waals surface area contributed by atoms with E-state index in [2.05, 4.69) is 0 Å². The number of methoxy groups -OCH3 is 2. The Balaban J connectivity index is 1.93. The number of fused-ring (bicyclic) bond motifs is 4. The van der Waals surface area contributed by atoms with Gasteiger partial charge in [-0.15, -0.1) is 0 Å². The van der Waals surface area contributed by atoms with E-state index in [9.17, 15) is 9.59 Å². The highest BCUT2D eigenvalue weighted by atomic mass is 16.5. The van der Waals surface area contributed by atoms with Crippen LogP contribution < -0.4 is 9.47 Å². The number of hydrogen-bond donors (Lipinski definition) is 0. The highest BCUT2D eigenvalue weighted by Gasteiger charge is 2.47. The fourth-order valence-electron chi connectivity index (χ4n) is 4.85. The third-order valence-electron chi connectivity index (χ3n) is 6.37. The lowest BCUT2D eigenvalue weighted by Gasteiger charge is -2.46. The lowest BCUT2D eigenvalue weighted by molar-refractivity contribution is -0.134. The smallest absolute Gasteiger partial charge is 0.254 e. The first-order valence-corrected chi connectivity index (χ1v) is 10.5. The fraction of sp³-hybridized carbons (Fsp3) is 0.417. The number of benzene rings is 2. The van der Waals surface area contributed by atoms with Crippen molar-refractivity contribution in [3.8, 4) is 11.5 Å². The largest absolute Gasteiger partial charge is 0.493 e. The van der Waals surface area contributed by atoms with Gasteiger partial charge in [0.2, 0.25) is 5.91 Å². The number of nitrogens with zero attached hydrogens (tertiary/aromatic N) is 2. The summed E-state index contributed by atoms with van der Waals surface area (Å²) in [6, 6.07) is 11.1. The average Bonchev–Trinajstić information content (AvgIpc) is 2.79. The normalized spacial score (nSPS) is 19.5. The molecule has 0 saturated carbocycles. The summed E-state index contributed by atoms with van der Waals surface area (Å²) < 4.78 is 11.0. The average molecular weight is 408 g/mol. The minimum atomic E-state index is -0.448. The van der Waals surface area contributed by atoms with Crippen LogP contribution in [-0.4, -0.2) is 55.5 Å². The van der Waals surface area contributed by atoms with Crippen molar-refractivity contribution in [2.75, 3.05) is 33.9 Å². The van der Waals surface area contributed by atoms with Crippen LogP contribution in [0.1, 0.15) is 52.9 Å². The Hall–Kier alpha value is -3.02. The predicted octanol–water partition coefficient (Wildman–Crippen LogP) is 3.41. The van der Waals surface area contributed by atoms with Crippen LogP contribution in [0, 0.1) is 0 Å². The van der Waals surface area contributed by atoms with Crippen LogP contribution in [0.4, 0.5) is 0 Å². The van der Waals surface area contributed by atoms with Gasteiger partial charge in [-0.25, -0.2) is 0 Å². The third-order valence-corrected chi connectivity index (χ3v) is 6.37. The van der Waals surface area contributed by atoms with Crippen LogP contribution in [0.2, 0.25) is 0 Å².